The van der Waals surface area contributed by atoms with Crippen LogP contribution in [0, 0.1) is 0 Å². The van der Waals surface area contributed by atoms with Crippen molar-refractivity contribution in [3.8, 4) is 17.2 Å². The Morgan fingerprint density at radius 1 is 1.09 bits per heavy atom. The lowest BCUT2D eigenvalue weighted by molar-refractivity contribution is 0.157. The van der Waals surface area contributed by atoms with E-state index < -0.39 is 0 Å². The van der Waals surface area contributed by atoms with E-state index >= 15 is 0 Å². The van der Waals surface area contributed by atoms with E-state index in [9.17, 15) is 4.39 Å². The van der Waals surface area contributed by atoms with Crippen LogP contribution in [0.3, 0.4) is 0 Å². The van der Waals surface area contributed by atoms with Crippen molar-refractivity contribution in [2.24, 2.45) is 0 Å². The van der Waals surface area contributed by atoms with Gasteiger partial charge < -0.3 is 19.5 Å². The Kier molecular flexibility index (Phi) is 8.44. The Bertz CT molecular complexity index is 459. The minimum atomic E-state index is -0.356. The molecule has 0 spiro atoms. The molecule has 2 rings (SSSR count). The summed E-state index contributed by atoms with van der Waals surface area (Å²) in [6.45, 7) is 3.30. The first-order valence-corrected chi connectivity index (χ1v) is 7.55. The summed E-state index contributed by atoms with van der Waals surface area (Å²) < 4.78 is 29.2. The van der Waals surface area contributed by atoms with Gasteiger partial charge in [-0.05, 0) is 24.1 Å². The Morgan fingerprint density at radius 3 is 2.09 bits per heavy atom. The highest BCUT2D eigenvalue weighted by molar-refractivity contribution is 5.85. The van der Waals surface area contributed by atoms with E-state index in [1.807, 2.05) is 12.1 Å². The molecule has 1 aliphatic rings. The molecule has 0 amide bonds. The standard InChI is InChI=1S/C16H25FN2O3.ClH/c1-20-14-10-12(11-15(21-2)16(14)22-3)13(4-5-17)19-8-6-18-7-9-19;/h10-11,13,18H,4-9H2,1-3H3;1H/t13-;/m1./s1. The number of rotatable bonds is 7. The lowest BCUT2D eigenvalue weighted by Gasteiger charge is -2.35. The lowest BCUT2D eigenvalue weighted by Crippen LogP contribution is -2.45. The van der Waals surface area contributed by atoms with Crippen LogP contribution in [0.15, 0.2) is 12.1 Å². The molecule has 23 heavy (non-hydrogen) atoms. The Hall–Kier alpha value is -1.24. The van der Waals surface area contributed by atoms with Gasteiger partial charge in [-0.1, -0.05) is 0 Å². The second-order valence-corrected chi connectivity index (χ2v) is 5.24. The monoisotopic (exact) mass is 348 g/mol. The minimum Gasteiger partial charge on any atom is -0.493 e. The fourth-order valence-electron chi connectivity index (χ4n) is 2.95. The summed E-state index contributed by atoms with van der Waals surface area (Å²) in [5, 5.41) is 3.32. The predicted octanol–water partition coefficient (Wildman–Crippen LogP) is 2.44. The van der Waals surface area contributed by atoms with E-state index in [1.165, 1.54) is 0 Å². The number of nitrogens with zero attached hydrogens (tertiary/aromatic N) is 1. The zero-order valence-electron chi connectivity index (χ0n) is 13.9. The summed E-state index contributed by atoms with van der Waals surface area (Å²) >= 11 is 0. The van der Waals surface area contributed by atoms with Crippen molar-refractivity contribution < 1.29 is 18.6 Å². The summed E-state index contributed by atoms with van der Waals surface area (Å²) in [4.78, 5) is 2.30. The quantitative estimate of drug-likeness (QED) is 0.820. The van der Waals surface area contributed by atoms with Crippen LogP contribution in [-0.4, -0.2) is 59.1 Å². The number of halogens is 2. The first-order chi connectivity index (χ1) is 10.7. The van der Waals surface area contributed by atoms with Gasteiger partial charge in [-0.15, -0.1) is 12.4 Å². The molecule has 1 fully saturated rings. The van der Waals surface area contributed by atoms with Gasteiger partial charge in [0.15, 0.2) is 11.5 Å². The number of hydrogen-bond donors (Lipinski definition) is 1. The van der Waals surface area contributed by atoms with Crippen LogP contribution in [0.5, 0.6) is 17.2 Å². The predicted molar refractivity (Wildman–Crippen MR) is 91.1 cm³/mol. The largest absolute Gasteiger partial charge is 0.493 e. The number of hydrogen-bond acceptors (Lipinski definition) is 5. The number of methoxy groups -OCH3 is 3. The van der Waals surface area contributed by atoms with Gasteiger partial charge in [-0.3, -0.25) is 9.29 Å². The average Bonchev–Trinajstić information content (AvgIpc) is 2.59. The zero-order chi connectivity index (χ0) is 15.9. The molecule has 1 aliphatic heterocycles. The SMILES string of the molecule is COc1cc([C@@H](CCF)N2CCNCC2)cc(OC)c1OC.Cl. The van der Waals surface area contributed by atoms with Gasteiger partial charge in [0.25, 0.3) is 0 Å². The molecule has 1 aromatic rings. The second kappa shape index (κ2) is 9.80. The fourth-order valence-corrected chi connectivity index (χ4v) is 2.95. The maximum Gasteiger partial charge on any atom is 0.203 e. The van der Waals surface area contributed by atoms with Crippen molar-refractivity contribution in [2.75, 3.05) is 54.2 Å². The molecule has 0 radical (unpaired) electrons. The highest BCUT2D eigenvalue weighted by atomic mass is 35.5. The molecule has 1 saturated heterocycles. The van der Waals surface area contributed by atoms with E-state index in [-0.39, 0.29) is 25.1 Å². The number of benzene rings is 1. The molecule has 1 atom stereocenters. The van der Waals surface area contributed by atoms with Gasteiger partial charge in [0, 0.05) is 32.2 Å². The number of alkyl halides is 1. The summed E-state index contributed by atoms with van der Waals surface area (Å²) in [7, 11) is 4.77. The van der Waals surface area contributed by atoms with E-state index in [4.69, 9.17) is 14.2 Å². The second-order valence-electron chi connectivity index (χ2n) is 5.24. The van der Waals surface area contributed by atoms with E-state index in [0.29, 0.717) is 23.7 Å². The Labute approximate surface area is 143 Å². The topological polar surface area (TPSA) is 43.0 Å². The minimum absolute atomic E-state index is 0. The molecule has 0 saturated carbocycles. The Balaban J connectivity index is 0.00000264. The summed E-state index contributed by atoms with van der Waals surface area (Å²) in [6, 6.07) is 3.86. The highest BCUT2D eigenvalue weighted by Crippen LogP contribution is 2.41. The molecule has 0 bridgehead atoms. The van der Waals surface area contributed by atoms with Gasteiger partial charge in [0.2, 0.25) is 5.75 Å². The number of piperazine rings is 1. The molecule has 0 aromatic heterocycles. The molecule has 1 N–H and O–H groups in total. The maximum absolute atomic E-state index is 13.1. The number of nitrogens with one attached hydrogen (secondary N) is 1. The molecule has 1 heterocycles. The van der Waals surface area contributed by atoms with Gasteiger partial charge in [-0.2, -0.15) is 0 Å². The normalized spacial score (nSPS) is 16.3. The highest BCUT2D eigenvalue weighted by Gasteiger charge is 2.25. The van der Waals surface area contributed by atoms with E-state index in [0.717, 1.165) is 31.7 Å². The van der Waals surface area contributed by atoms with Crippen LogP contribution in [0.1, 0.15) is 18.0 Å². The maximum atomic E-state index is 13.1. The first kappa shape index (κ1) is 19.8. The van der Waals surface area contributed by atoms with E-state index in [2.05, 4.69) is 10.2 Å². The van der Waals surface area contributed by atoms with Crippen LogP contribution >= 0.6 is 12.4 Å². The summed E-state index contributed by atoms with van der Waals surface area (Å²) in [5.74, 6) is 1.78. The molecule has 7 heteroatoms. The van der Waals surface area contributed by atoms with Crippen molar-refractivity contribution in [2.45, 2.75) is 12.5 Å². The molecular formula is C16H26ClFN2O3. The third-order valence-corrected chi connectivity index (χ3v) is 4.05. The van der Waals surface area contributed by atoms with Crippen molar-refractivity contribution in [1.29, 1.82) is 0 Å². The van der Waals surface area contributed by atoms with Crippen LogP contribution in [-0.2, 0) is 0 Å². The molecule has 132 valence electrons. The van der Waals surface area contributed by atoms with Crippen LogP contribution in [0.4, 0.5) is 4.39 Å². The fraction of sp³-hybridized carbons (Fsp3) is 0.625. The third kappa shape index (κ3) is 4.62. The first-order valence-electron chi connectivity index (χ1n) is 7.55. The van der Waals surface area contributed by atoms with Crippen molar-refractivity contribution in [3.05, 3.63) is 17.7 Å². The van der Waals surface area contributed by atoms with Crippen LogP contribution in [0.2, 0.25) is 0 Å². The smallest absolute Gasteiger partial charge is 0.203 e. The van der Waals surface area contributed by atoms with Crippen LogP contribution < -0.4 is 19.5 Å². The van der Waals surface area contributed by atoms with Gasteiger partial charge >= 0.3 is 0 Å². The lowest BCUT2D eigenvalue weighted by atomic mass is 10.0. The Morgan fingerprint density at radius 2 is 1.65 bits per heavy atom. The van der Waals surface area contributed by atoms with E-state index in [1.54, 1.807) is 21.3 Å². The molecular weight excluding hydrogens is 323 g/mol. The molecule has 0 aliphatic carbocycles. The molecule has 5 nitrogen and oxygen atoms in total. The zero-order valence-corrected chi connectivity index (χ0v) is 14.7. The van der Waals surface area contributed by atoms with Gasteiger partial charge in [-0.25, -0.2) is 0 Å². The van der Waals surface area contributed by atoms with Crippen molar-refractivity contribution in [3.63, 3.8) is 0 Å². The third-order valence-electron chi connectivity index (χ3n) is 4.05. The molecule has 0 unspecified atom stereocenters. The average molecular weight is 349 g/mol. The van der Waals surface area contributed by atoms with Gasteiger partial charge in [0.05, 0.1) is 28.0 Å². The van der Waals surface area contributed by atoms with Crippen molar-refractivity contribution >= 4 is 12.4 Å². The summed E-state index contributed by atoms with van der Waals surface area (Å²) in [5.41, 5.74) is 0.994. The van der Waals surface area contributed by atoms with Gasteiger partial charge in [0.1, 0.15) is 0 Å². The summed E-state index contributed by atoms with van der Waals surface area (Å²) in [6.07, 6.45) is 0.457. The van der Waals surface area contributed by atoms with Crippen LogP contribution in [0.25, 0.3) is 0 Å². The molecule has 1 aromatic carbocycles. The van der Waals surface area contributed by atoms with Crippen molar-refractivity contribution in [1.82, 2.24) is 10.2 Å². The number of ether oxygens (including phenoxy) is 3.